The molecular formula is C18H27N5O. The second kappa shape index (κ2) is 7.57. The number of aryl methyl sites for hydroxylation is 1. The first-order valence-corrected chi connectivity index (χ1v) is 8.17. The maximum absolute atomic E-state index is 13.0. The summed E-state index contributed by atoms with van der Waals surface area (Å²) in [6.45, 7) is 6.62. The molecule has 1 aromatic carbocycles. The van der Waals surface area contributed by atoms with E-state index in [0.29, 0.717) is 6.54 Å². The Morgan fingerprint density at radius 3 is 2.54 bits per heavy atom. The van der Waals surface area contributed by atoms with Gasteiger partial charge in [0.15, 0.2) is 5.82 Å². The van der Waals surface area contributed by atoms with Crippen molar-refractivity contribution in [3.63, 3.8) is 0 Å². The van der Waals surface area contributed by atoms with Crippen LogP contribution in [0.2, 0.25) is 0 Å². The molecule has 0 N–H and O–H groups in total. The van der Waals surface area contributed by atoms with Gasteiger partial charge in [0.2, 0.25) is 5.91 Å². The topological polar surface area (TPSA) is 54.3 Å². The molecule has 0 saturated carbocycles. The first-order chi connectivity index (χ1) is 11.3. The Kier molecular flexibility index (Phi) is 5.72. The molecule has 0 spiro atoms. The summed E-state index contributed by atoms with van der Waals surface area (Å²) in [6.07, 6.45) is 1.71. The molecule has 2 rings (SSSR count). The average Bonchev–Trinajstić information content (AvgIpc) is 2.95. The average molecular weight is 329 g/mol. The van der Waals surface area contributed by atoms with E-state index in [9.17, 15) is 4.79 Å². The standard InChI is InChI=1S/C18H27N5O/c1-13(2)23-12-19-20-16(23)11-22(6)18(24)17(21(4)5)15-9-7-8-14(3)10-15/h7-10,12-13,17H,11H2,1-6H3/t17-/m0/s1. The molecule has 2 aromatic rings. The predicted molar refractivity (Wildman–Crippen MR) is 94.5 cm³/mol. The normalized spacial score (nSPS) is 12.7. The molecule has 0 aliphatic carbocycles. The van der Waals surface area contributed by atoms with Gasteiger partial charge in [-0.15, -0.1) is 10.2 Å². The summed E-state index contributed by atoms with van der Waals surface area (Å²) in [4.78, 5) is 16.7. The molecule has 0 radical (unpaired) electrons. The number of likely N-dealkylation sites (N-methyl/N-ethyl adjacent to an activating group) is 2. The highest BCUT2D eigenvalue weighted by atomic mass is 16.2. The van der Waals surface area contributed by atoms with E-state index in [-0.39, 0.29) is 18.0 Å². The van der Waals surface area contributed by atoms with Crippen LogP contribution in [0.3, 0.4) is 0 Å². The lowest BCUT2D eigenvalue weighted by atomic mass is 10.0. The Bertz CT molecular complexity index is 692. The van der Waals surface area contributed by atoms with Crippen LogP contribution in [0.4, 0.5) is 0 Å². The lowest BCUT2D eigenvalue weighted by Crippen LogP contribution is -2.38. The molecule has 6 heteroatoms. The smallest absolute Gasteiger partial charge is 0.244 e. The van der Waals surface area contributed by atoms with Crippen LogP contribution < -0.4 is 0 Å². The van der Waals surface area contributed by atoms with Crippen molar-refractivity contribution in [2.45, 2.75) is 39.4 Å². The van der Waals surface area contributed by atoms with E-state index < -0.39 is 0 Å². The molecule has 1 aromatic heterocycles. The van der Waals surface area contributed by atoms with E-state index >= 15 is 0 Å². The molecule has 0 aliphatic heterocycles. The SMILES string of the molecule is Cc1cccc([C@@H](C(=O)N(C)Cc2nncn2C(C)C)N(C)C)c1. The largest absolute Gasteiger partial charge is 0.337 e. The highest BCUT2D eigenvalue weighted by Gasteiger charge is 2.27. The third-order valence-corrected chi connectivity index (χ3v) is 4.07. The van der Waals surface area contributed by atoms with Crippen LogP contribution in [0.25, 0.3) is 0 Å². The van der Waals surface area contributed by atoms with E-state index in [4.69, 9.17) is 0 Å². The predicted octanol–water partition coefficient (Wildman–Crippen LogP) is 2.43. The Morgan fingerprint density at radius 2 is 1.96 bits per heavy atom. The summed E-state index contributed by atoms with van der Waals surface area (Å²) in [7, 11) is 5.67. The molecule has 0 fully saturated rings. The Hall–Kier alpha value is -2.21. The van der Waals surface area contributed by atoms with Crippen LogP contribution in [0.5, 0.6) is 0 Å². The number of hydrogen-bond acceptors (Lipinski definition) is 4. The van der Waals surface area contributed by atoms with E-state index in [1.807, 2.05) is 55.7 Å². The van der Waals surface area contributed by atoms with E-state index in [0.717, 1.165) is 17.0 Å². The first kappa shape index (κ1) is 18.1. The molecule has 0 bridgehead atoms. The highest BCUT2D eigenvalue weighted by Crippen LogP contribution is 2.22. The van der Waals surface area contributed by atoms with Crippen molar-refractivity contribution in [3.8, 4) is 0 Å². The van der Waals surface area contributed by atoms with Crippen molar-refractivity contribution >= 4 is 5.91 Å². The number of nitrogens with zero attached hydrogens (tertiary/aromatic N) is 5. The van der Waals surface area contributed by atoms with Gasteiger partial charge < -0.3 is 9.47 Å². The summed E-state index contributed by atoms with van der Waals surface area (Å²) in [5.74, 6) is 0.839. The number of rotatable bonds is 6. The minimum absolute atomic E-state index is 0.0453. The number of amides is 1. The number of carbonyl (C=O) groups excluding carboxylic acids is 1. The van der Waals surface area contributed by atoms with Gasteiger partial charge in [0.1, 0.15) is 12.4 Å². The minimum Gasteiger partial charge on any atom is -0.337 e. The van der Waals surface area contributed by atoms with Crippen molar-refractivity contribution in [3.05, 3.63) is 47.5 Å². The number of carbonyl (C=O) groups is 1. The van der Waals surface area contributed by atoms with Crippen molar-refractivity contribution < 1.29 is 4.79 Å². The van der Waals surface area contributed by atoms with Crippen molar-refractivity contribution in [1.29, 1.82) is 0 Å². The van der Waals surface area contributed by atoms with Gasteiger partial charge in [-0.2, -0.15) is 0 Å². The fourth-order valence-electron chi connectivity index (χ4n) is 2.81. The summed E-state index contributed by atoms with van der Waals surface area (Å²) in [5.41, 5.74) is 2.15. The molecule has 6 nitrogen and oxygen atoms in total. The van der Waals surface area contributed by atoms with Gasteiger partial charge in [0.05, 0.1) is 6.54 Å². The maximum atomic E-state index is 13.0. The van der Waals surface area contributed by atoms with Crippen LogP contribution in [-0.4, -0.2) is 51.6 Å². The molecule has 130 valence electrons. The quantitative estimate of drug-likeness (QED) is 0.817. The second-order valence-corrected chi connectivity index (χ2v) is 6.72. The van der Waals surface area contributed by atoms with Crippen molar-refractivity contribution in [1.82, 2.24) is 24.6 Å². The molecule has 0 aliphatic rings. The maximum Gasteiger partial charge on any atom is 0.244 e. The van der Waals surface area contributed by atoms with Gasteiger partial charge in [-0.1, -0.05) is 29.8 Å². The lowest BCUT2D eigenvalue weighted by Gasteiger charge is -2.29. The molecule has 1 amide bonds. The fraction of sp³-hybridized carbons (Fsp3) is 0.500. The van der Waals surface area contributed by atoms with Gasteiger partial charge in [-0.25, -0.2) is 0 Å². The number of benzene rings is 1. The Morgan fingerprint density at radius 1 is 1.25 bits per heavy atom. The van der Waals surface area contributed by atoms with Crippen LogP contribution >= 0.6 is 0 Å². The first-order valence-electron chi connectivity index (χ1n) is 8.17. The van der Waals surface area contributed by atoms with Crippen LogP contribution in [-0.2, 0) is 11.3 Å². The summed E-state index contributed by atoms with van der Waals surface area (Å²) < 4.78 is 1.99. The van der Waals surface area contributed by atoms with Crippen molar-refractivity contribution in [2.75, 3.05) is 21.1 Å². The molecule has 0 saturated heterocycles. The van der Waals surface area contributed by atoms with Gasteiger partial charge in [-0.3, -0.25) is 9.69 Å². The highest BCUT2D eigenvalue weighted by molar-refractivity contribution is 5.83. The van der Waals surface area contributed by atoms with Gasteiger partial charge in [0.25, 0.3) is 0 Å². The van der Waals surface area contributed by atoms with Gasteiger partial charge in [-0.05, 0) is 40.4 Å². The van der Waals surface area contributed by atoms with Gasteiger partial charge in [0, 0.05) is 13.1 Å². The molecular weight excluding hydrogens is 302 g/mol. The minimum atomic E-state index is -0.315. The van der Waals surface area contributed by atoms with Crippen LogP contribution in [0, 0.1) is 6.92 Å². The van der Waals surface area contributed by atoms with Crippen molar-refractivity contribution in [2.24, 2.45) is 0 Å². The molecule has 1 heterocycles. The Balaban J connectivity index is 2.22. The third-order valence-electron chi connectivity index (χ3n) is 4.07. The van der Waals surface area contributed by atoms with E-state index in [1.165, 1.54) is 0 Å². The zero-order valence-electron chi connectivity index (χ0n) is 15.4. The summed E-state index contributed by atoms with van der Waals surface area (Å²) >= 11 is 0. The monoisotopic (exact) mass is 329 g/mol. The lowest BCUT2D eigenvalue weighted by molar-refractivity contribution is -0.135. The second-order valence-electron chi connectivity index (χ2n) is 6.72. The Labute approximate surface area is 144 Å². The zero-order chi connectivity index (χ0) is 17.9. The van der Waals surface area contributed by atoms with E-state index in [1.54, 1.807) is 11.2 Å². The third kappa shape index (κ3) is 4.00. The molecule has 24 heavy (non-hydrogen) atoms. The molecule has 1 atom stereocenters. The number of aromatic nitrogens is 3. The summed E-state index contributed by atoms with van der Waals surface area (Å²) in [5, 5.41) is 8.13. The van der Waals surface area contributed by atoms with Crippen LogP contribution in [0.1, 0.15) is 42.9 Å². The van der Waals surface area contributed by atoms with Crippen LogP contribution in [0.15, 0.2) is 30.6 Å². The fourth-order valence-corrected chi connectivity index (χ4v) is 2.81. The van der Waals surface area contributed by atoms with E-state index in [2.05, 4.69) is 30.1 Å². The van der Waals surface area contributed by atoms with Gasteiger partial charge >= 0.3 is 0 Å². The molecule has 0 unspecified atom stereocenters. The zero-order valence-corrected chi connectivity index (χ0v) is 15.4. The summed E-state index contributed by atoms with van der Waals surface area (Å²) in [6, 6.07) is 8.04. The number of hydrogen-bond donors (Lipinski definition) is 0.